The Labute approximate surface area is 146 Å². The van der Waals surface area contributed by atoms with E-state index in [0.29, 0.717) is 30.5 Å². The van der Waals surface area contributed by atoms with Crippen molar-refractivity contribution >= 4 is 11.8 Å². The number of hydrogen-bond acceptors (Lipinski definition) is 3. The number of halogens is 1. The zero-order valence-corrected chi connectivity index (χ0v) is 14.3. The summed E-state index contributed by atoms with van der Waals surface area (Å²) in [5.41, 5.74) is 0.523. The summed E-state index contributed by atoms with van der Waals surface area (Å²) in [6.07, 6.45) is 3.70. The van der Waals surface area contributed by atoms with E-state index in [9.17, 15) is 9.18 Å². The number of rotatable bonds is 5. The van der Waals surface area contributed by atoms with Crippen molar-refractivity contribution in [1.29, 1.82) is 0 Å². The first-order chi connectivity index (χ1) is 12.1. The molecule has 2 heterocycles. The molecule has 1 aromatic carbocycles. The first kappa shape index (κ1) is 17.4. The number of aromatic nitrogens is 2. The Kier molecular flexibility index (Phi) is 5.65. The molecule has 134 valence electrons. The Balaban J connectivity index is 1.60. The minimum absolute atomic E-state index is 0.208. The third-order valence-corrected chi connectivity index (χ3v) is 4.36. The quantitative estimate of drug-likeness (QED) is 0.905. The third-order valence-electron chi connectivity index (χ3n) is 4.36. The number of carbonyl (C=O) groups excluding carboxylic acids is 1. The van der Waals surface area contributed by atoms with Crippen molar-refractivity contribution in [3.63, 3.8) is 0 Å². The Morgan fingerprint density at radius 3 is 3.04 bits per heavy atom. The van der Waals surface area contributed by atoms with Gasteiger partial charge in [0, 0.05) is 37.7 Å². The number of amides is 2. The first-order valence-electron chi connectivity index (χ1n) is 8.48. The van der Waals surface area contributed by atoms with E-state index in [-0.39, 0.29) is 18.4 Å². The van der Waals surface area contributed by atoms with Crippen molar-refractivity contribution < 1.29 is 13.9 Å². The maximum atomic E-state index is 13.8. The highest BCUT2D eigenvalue weighted by Gasteiger charge is 2.19. The van der Waals surface area contributed by atoms with Crippen molar-refractivity contribution in [2.24, 2.45) is 5.92 Å². The van der Waals surface area contributed by atoms with Gasteiger partial charge in [0.05, 0.1) is 19.3 Å². The Hall–Kier alpha value is -2.41. The second-order valence-electron chi connectivity index (χ2n) is 6.36. The molecule has 2 amide bonds. The fourth-order valence-electron chi connectivity index (χ4n) is 2.98. The van der Waals surface area contributed by atoms with Crippen LogP contribution >= 0.6 is 0 Å². The highest BCUT2D eigenvalue weighted by atomic mass is 19.1. The van der Waals surface area contributed by atoms with Crippen molar-refractivity contribution in [3.8, 4) is 0 Å². The highest BCUT2D eigenvalue weighted by Crippen LogP contribution is 2.16. The van der Waals surface area contributed by atoms with Crippen LogP contribution in [0, 0.1) is 11.7 Å². The van der Waals surface area contributed by atoms with E-state index in [0.717, 1.165) is 19.4 Å². The van der Waals surface area contributed by atoms with Crippen LogP contribution in [0.1, 0.15) is 18.4 Å². The summed E-state index contributed by atoms with van der Waals surface area (Å²) in [6.45, 7) is 2.41. The SMILES string of the molecule is CN(C[C@H]1CCCOC1)C(=O)Nc1ccnn1Cc1ccccc1F. The van der Waals surface area contributed by atoms with Gasteiger partial charge in [-0.05, 0) is 18.9 Å². The molecule has 0 aliphatic carbocycles. The molecule has 1 N–H and O–H groups in total. The summed E-state index contributed by atoms with van der Waals surface area (Å²) in [6, 6.07) is 8.04. The average Bonchev–Trinajstić information content (AvgIpc) is 3.04. The first-order valence-corrected chi connectivity index (χ1v) is 8.48. The molecule has 25 heavy (non-hydrogen) atoms. The fourth-order valence-corrected chi connectivity index (χ4v) is 2.98. The number of carbonyl (C=O) groups is 1. The van der Waals surface area contributed by atoms with Gasteiger partial charge in [-0.3, -0.25) is 5.32 Å². The van der Waals surface area contributed by atoms with Crippen LogP contribution in [-0.2, 0) is 11.3 Å². The molecule has 1 saturated heterocycles. The molecule has 2 aromatic rings. The molecular weight excluding hydrogens is 323 g/mol. The van der Waals surface area contributed by atoms with Gasteiger partial charge in [-0.15, -0.1) is 0 Å². The van der Waals surface area contributed by atoms with Crippen LogP contribution in [0.15, 0.2) is 36.5 Å². The van der Waals surface area contributed by atoms with Gasteiger partial charge in [0.25, 0.3) is 0 Å². The van der Waals surface area contributed by atoms with Gasteiger partial charge in [0.15, 0.2) is 0 Å². The van der Waals surface area contributed by atoms with Crippen molar-refractivity contribution in [1.82, 2.24) is 14.7 Å². The minimum atomic E-state index is -0.287. The van der Waals surface area contributed by atoms with Gasteiger partial charge in [0.2, 0.25) is 0 Å². The molecule has 0 bridgehead atoms. The monoisotopic (exact) mass is 346 g/mol. The molecule has 1 atom stereocenters. The molecule has 0 radical (unpaired) electrons. The van der Waals surface area contributed by atoms with E-state index < -0.39 is 0 Å². The lowest BCUT2D eigenvalue weighted by Gasteiger charge is -2.27. The number of ether oxygens (including phenoxy) is 1. The number of urea groups is 1. The molecule has 1 fully saturated rings. The van der Waals surface area contributed by atoms with Crippen LogP contribution < -0.4 is 5.32 Å². The largest absolute Gasteiger partial charge is 0.381 e. The van der Waals surface area contributed by atoms with E-state index in [1.165, 1.54) is 6.07 Å². The summed E-state index contributed by atoms with van der Waals surface area (Å²) in [7, 11) is 1.77. The highest BCUT2D eigenvalue weighted by molar-refractivity contribution is 5.88. The standard InChI is InChI=1S/C18H23FN4O2/c1-22(11-14-5-4-10-25-13-14)18(24)21-17-8-9-20-23(17)12-15-6-2-3-7-16(15)19/h2-3,6-9,14H,4-5,10-13H2,1H3,(H,21,24)/t14-/m1/s1. The summed E-state index contributed by atoms with van der Waals surface area (Å²) >= 11 is 0. The van der Waals surface area contributed by atoms with E-state index in [4.69, 9.17) is 4.74 Å². The van der Waals surface area contributed by atoms with Crippen molar-refractivity contribution in [3.05, 3.63) is 47.9 Å². The Morgan fingerprint density at radius 2 is 2.28 bits per heavy atom. The summed E-state index contributed by atoms with van der Waals surface area (Å²) in [5.74, 6) is 0.623. The van der Waals surface area contributed by atoms with Gasteiger partial charge in [0.1, 0.15) is 11.6 Å². The van der Waals surface area contributed by atoms with E-state index in [1.807, 2.05) is 0 Å². The molecule has 0 unspecified atom stereocenters. The predicted molar refractivity (Wildman–Crippen MR) is 92.9 cm³/mol. The number of hydrogen-bond donors (Lipinski definition) is 1. The van der Waals surface area contributed by atoms with Gasteiger partial charge >= 0.3 is 6.03 Å². The summed E-state index contributed by atoms with van der Waals surface area (Å²) in [5, 5.41) is 7.02. The minimum Gasteiger partial charge on any atom is -0.381 e. The maximum absolute atomic E-state index is 13.8. The number of benzene rings is 1. The molecule has 1 aliphatic heterocycles. The molecule has 0 saturated carbocycles. The Morgan fingerprint density at radius 1 is 1.44 bits per heavy atom. The number of nitrogens with one attached hydrogen (secondary N) is 1. The normalized spacial score (nSPS) is 17.3. The lowest BCUT2D eigenvalue weighted by atomic mass is 10.0. The molecular formula is C18H23FN4O2. The van der Waals surface area contributed by atoms with Crippen LogP contribution in [0.25, 0.3) is 0 Å². The Bertz CT molecular complexity index is 713. The predicted octanol–water partition coefficient (Wildman–Crippen LogP) is 2.96. The second-order valence-corrected chi connectivity index (χ2v) is 6.36. The number of nitrogens with zero attached hydrogens (tertiary/aromatic N) is 3. The van der Waals surface area contributed by atoms with Crippen LogP contribution in [0.2, 0.25) is 0 Å². The van der Waals surface area contributed by atoms with Crippen LogP contribution in [0.5, 0.6) is 0 Å². The maximum Gasteiger partial charge on any atom is 0.322 e. The van der Waals surface area contributed by atoms with Crippen molar-refractivity contribution in [2.75, 3.05) is 32.1 Å². The molecule has 7 heteroatoms. The topological polar surface area (TPSA) is 59.4 Å². The second kappa shape index (κ2) is 8.11. The van der Waals surface area contributed by atoms with Gasteiger partial charge in [-0.2, -0.15) is 5.10 Å². The lowest BCUT2D eigenvalue weighted by molar-refractivity contribution is 0.0464. The fraction of sp³-hybridized carbons (Fsp3) is 0.444. The third kappa shape index (κ3) is 4.57. The molecule has 0 spiro atoms. The molecule has 1 aliphatic rings. The molecule has 6 nitrogen and oxygen atoms in total. The summed E-state index contributed by atoms with van der Waals surface area (Å²) in [4.78, 5) is 14.1. The van der Waals surface area contributed by atoms with E-state index in [2.05, 4.69) is 10.4 Å². The zero-order valence-electron chi connectivity index (χ0n) is 14.3. The van der Waals surface area contributed by atoms with Gasteiger partial charge in [-0.1, -0.05) is 18.2 Å². The molecule has 1 aromatic heterocycles. The van der Waals surface area contributed by atoms with Crippen LogP contribution in [0.4, 0.5) is 15.0 Å². The van der Waals surface area contributed by atoms with E-state index >= 15 is 0 Å². The smallest absolute Gasteiger partial charge is 0.322 e. The van der Waals surface area contributed by atoms with Gasteiger partial charge < -0.3 is 9.64 Å². The van der Waals surface area contributed by atoms with Crippen LogP contribution in [-0.4, -0.2) is 47.5 Å². The van der Waals surface area contributed by atoms with Crippen molar-refractivity contribution in [2.45, 2.75) is 19.4 Å². The molecule has 3 rings (SSSR count). The lowest BCUT2D eigenvalue weighted by Crippen LogP contribution is -2.38. The average molecular weight is 346 g/mol. The van der Waals surface area contributed by atoms with Gasteiger partial charge in [-0.25, -0.2) is 13.9 Å². The van der Waals surface area contributed by atoms with Crippen LogP contribution in [0.3, 0.4) is 0 Å². The zero-order chi connectivity index (χ0) is 17.6. The van der Waals surface area contributed by atoms with E-state index in [1.54, 1.807) is 47.1 Å². The number of anilines is 1. The summed E-state index contributed by atoms with van der Waals surface area (Å²) < 4.78 is 20.9.